The van der Waals surface area contributed by atoms with Crippen LogP contribution in [0.3, 0.4) is 0 Å². The molecular weight excluding hydrogens is 278 g/mol. The standard InChI is InChI=1S/C14H22BrNO/c1-3-4-5-6-7-14(16)12-10-11(17-2)8-9-13(12)15/h8-10,14H,3-7,16H2,1-2H3. The lowest BCUT2D eigenvalue weighted by Gasteiger charge is -2.15. The Morgan fingerprint density at radius 1 is 1.29 bits per heavy atom. The van der Waals surface area contributed by atoms with Crippen molar-refractivity contribution < 1.29 is 4.74 Å². The molecule has 1 rings (SSSR count). The first kappa shape index (κ1) is 14.5. The lowest BCUT2D eigenvalue weighted by atomic mass is 10.0. The average Bonchev–Trinajstić information content (AvgIpc) is 2.35. The van der Waals surface area contributed by atoms with Gasteiger partial charge in [0.2, 0.25) is 0 Å². The molecule has 0 aliphatic carbocycles. The van der Waals surface area contributed by atoms with Gasteiger partial charge in [0.05, 0.1) is 7.11 Å². The van der Waals surface area contributed by atoms with Crippen molar-refractivity contribution in [2.45, 2.75) is 45.1 Å². The highest BCUT2D eigenvalue weighted by atomic mass is 79.9. The molecule has 0 fully saturated rings. The van der Waals surface area contributed by atoms with Crippen LogP contribution in [0.25, 0.3) is 0 Å². The molecule has 0 saturated heterocycles. The minimum Gasteiger partial charge on any atom is -0.497 e. The smallest absolute Gasteiger partial charge is 0.119 e. The van der Waals surface area contributed by atoms with Gasteiger partial charge in [0, 0.05) is 10.5 Å². The highest BCUT2D eigenvalue weighted by Gasteiger charge is 2.10. The molecule has 0 aliphatic heterocycles. The normalized spacial score (nSPS) is 12.5. The molecule has 0 bridgehead atoms. The van der Waals surface area contributed by atoms with Crippen molar-refractivity contribution in [1.29, 1.82) is 0 Å². The first-order chi connectivity index (χ1) is 8.19. The molecule has 0 heterocycles. The van der Waals surface area contributed by atoms with Gasteiger partial charge in [-0.15, -0.1) is 0 Å². The van der Waals surface area contributed by atoms with Crippen LogP contribution in [0.1, 0.15) is 50.6 Å². The molecule has 1 unspecified atom stereocenters. The first-order valence-corrected chi connectivity index (χ1v) is 7.07. The number of ether oxygens (including phenoxy) is 1. The van der Waals surface area contributed by atoms with E-state index in [1.54, 1.807) is 7.11 Å². The van der Waals surface area contributed by atoms with Gasteiger partial charge >= 0.3 is 0 Å². The minimum atomic E-state index is 0.0938. The summed E-state index contributed by atoms with van der Waals surface area (Å²) in [6, 6.07) is 6.06. The zero-order chi connectivity index (χ0) is 12.7. The molecule has 3 heteroatoms. The third kappa shape index (κ3) is 4.68. The molecule has 2 N–H and O–H groups in total. The van der Waals surface area contributed by atoms with Crippen LogP contribution in [0, 0.1) is 0 Å². The molecule has 2 nitrogen and oxygen atoms in total. The molecule has 0 spiro atoms. The monoisotopic (exact) mass is 299 g/mol. The highest BCUT2D eigenvalue weighted by Crippen LogP contribution is 2.29. The fourth-order valence-electron chi connectivity index (χ4n) is 1.88. The van der Waals surface area contributed by atoms with Crippen LogP contribution in [-0.2, 0) is 0 Å². The Kier molecular flexibility index (Phi) is 6.60. The second-order valence-corrected chi connectivity index (χ2v) is 5.20. The lowest BCUT2D eigenvalue weighted by Crippen LogP contribution is -2.11. The Hall–Kier alpha value is -0.540. The van der Waals surface area contributed by atoms with Crippen LogP contribution in [0.4, 0.5) is 0 Å². The summed E-state index contributed by atoms with van der Waals surface area (Å²) in [7, 11) is 1.68. The topological polar surface area (TPSA) is 35.2 Å². The van der Waals surface area contributed by atoms with Crippen molar-refractivity contribution in [3.8, 4) is 5.75 Å². The van der Waals surface area contributed by atoms with Crippen LogP contribution in [0.5, 0.6) is 5.75 Å². The zero-order valence-electron chi connectivity index (χ0n) is 10.7. The van der Waals surface area contributed by atoms with Crippen LogP contribution in [0.2, 0.25) is 0 Å². The third-order valence-corrected chi connectivity index (χ3v) is 3.69. The maximum absolute atomic E-state index is 6.22. The van der Waals surface area contributed by atoms with Gasteiger partial charge in [-0.3, -0.25) is 0 Å². The maximum Gasteiger partial charge on any atom is 0.119 e. The zero-order valence-corrected chi connectivity index (χ0v) is 12.3. The number of unbranched alkanes of at least 4 members (excludes halogenated alkanes) is 3. The number of nitrogens with two attached hydrogens (primary N) is 1. The lowest BCUT2D eigenvalue weighted by molar-refractivity contribution is 0.413. The molecule has 0 amide bonds. The van der Waals surface area contributed by atoms with Gasteiger partial charge in [0.15, 0.2) is 0 Å². The Morgan fingerprint density at radius 2 is 2.06 bits per heavy atom. The van der Waals surface area contributed by atoms with Crippen LogP contribution in [-0.4, -0.2) is 7.11 Å². The van der Waals surface area contributed by atoms with Crippen molar-refractivity contribution >= 4 is 15.9 Å². The molecule has 0 radical (unpaired) electrons. The second kappa shape index (κ2) is 7.72. The third-order valence-electron chi connectivity index (χ3n) is 2.97. The van der Waals surface area contributed by atoms with E-state index in [0.717, 1.165) is 22.2 Å². The first-order valence-electron chi connectivity index (χ1n) is 6.28. The van der Waals surface area contributed by atoms with Gasteiger partial charge in [-0.05, 0) is 30.2 Å². The fraction of sp³-hybridized carbons (Fsp3) is 0.571. The minimum absolute atomic E-state index is 0.0938. The van der Waals surface area contributed by atoms with E-state index < -0.39 is 0 Å². The number of methoxy groups -OCH3 is 1. The molecule has 96 valence electrons. The van der Waals surface area contributed by atoms with Crippen LogP contribution >= 0.6 is 15.9 Å². The summed E-state index contributed by atoms with van der Waals surface area (Å²) in [6.07, 6.45) is 6.06. The molecule has 0 aliphatic rings. The van der Waals surface area contributed by atoms with Gasteiger partial charge in [-0.25, -0.2) is 0 Å². The quantitative estimate of drug-likeness (QED) is 0.756. The Bertz CT molecular complexity index is 341. The number of halogens is 1. The summed E-state index contributed by atoms with van der Waals surface area (Å²) in [6.45, 7) is 2.22. The van der Waals surface area contributed by atoms with E-state index in [1.165, 1.54) is 25.7 Å². The van der Waals surface area contributed by atoms with Crippen LogP contribution < -0.4 is 10.5 Å². The van der Waals surface area contributed by atoms with Gasteiger partial charge in [0.25, 0.3) is 0 Å². The maximum atomic E-state index is 6.22. The van der Waals surface area contributed by atoms with Crippen molar-refractivity contribution in [3.05, 3.63) is 28.2 Å². The Morgan fingerprint density at radius 3 is 2.71 bits per heavy atom. The van der Waals surface area contributed by atoms with Gasteiger partial charge in [-0.1, -0.05) is 48.5 Å². The summed E-state index contributed by atoms with van der Waals surface area (Å²) in [5, 5.41) is 0. The largest absolute Gasteiger partial charge is 0.497 e. The molecular formula is C14H22BrNO. The Labute approximate surface area is 113 Å². The number of hydrogen-bond donors (Lipinski definition) is 1. The summed E-state index contributed by atoms with van der Waals surface area (Å²) in [4.78, 5) is 0. The van der Waals surface area contributed by atoms with Gasteiger partial charge in [0.1, 0.15) is 5.75 Å². The fourth-order valence-corrected chi connectivity index (χ4v) is 2.42. The molecule has 1 aromatic carbocycles. The Balaban J connectivity index is 2.57. The average molecular weight is 300 g/mol. The second-order valence-electron chi connectivity index (χ2n) is 4.34. The van der Waals surface area contributed by atoms with Crippen LogP contribution in [0.15, 0.2) is 22.7 Å². The summed E-state index contributed by atoms with van der Waals surface area (Å²) in [5.41, 5.74) is 7.36. The van der Waals surface area contributed by atoms with E-state index >= 15 is 0 Å². The molecule has 1 aromatic rings. The van der Waals surface area contributed by atoms with Crippen molar-refractivity contribution in [1.82, 2.24) is 0 Å². The predicted octanol–water partition coefficient (Wildman–Crippen LogP) is 4.43. The molecule has 0 aromatic heterocycles. The van der Waals surface area contributed by atoms with E-state index in [0.29, 0.717) is 0 Å². The van der Waals surface area contributed by atoms with E-state index in [2.05, 4.69) is 22.9 Å². The van der Waals surface area contributed by atoms with Gasteiger partial charge < -0.3 is 10.5 Å². The van der Waals surface area contributed by atoms with E-state index in [-0.39, 0.29) is 6.04 Å². The highest BCUT2D eigenvalue weighted by molar-refractivity contribution is 9.10. The SMILES string of the molecule is CCCCCCC(N)c1cc(OC)ccc1Br. The van der Waals surface area contributed by atoms with Crippen molar-refractivity contribution in [2.75, 3.05) is 7.11 Å². The molecule has 0 saturated carbocycles. The van der Waals surface area contributed by atoms with E-state index in [9.17, 15) is 0 Å². The number of rotatable bonds is 7. The van der Waals surface area contributed by atoms with E-state index in [4.69, 9.17) is 10.5 Å². The predicted molar refractivity (Wildman–Crippen MR) is 76.4 cm³/mol. The number of hydrogen-bond acceptors (Lipinski definition) is 2. The summed E-state index contributed by atoms with van der Waals surface area (Å²) >= 11 is 3.55. The summed E-state index contributed by atoms with van der Waals surface area (Å²) < 4.78 is 6.30. The summed E-state index contributed by atoms with van der Waals surface area (Å²) in [5.74, 6) is 0.868. The molecule has 17 heavy (non-hydrogen) atoms. The van der Waals surface area contributed by atoms with E-state index in [1.807, 2.05) is 18.2 Å². The van der Waals surface area contributed by atoms with Crippen molar-refractivity contribution in [3.63, 3.8) is 0 Å². The van der Waals surface area contributed by atoms with Gasteiger partial charge in [-0.2, -0.15) is 0 Å². The van der Waals surface area contributed by atoms with Crippen molar-refractivity contribution in [2.24, 2.45) is 5.73 Å². The number of benzene rings is 1. The molecule has 1 atom stereocenters.